The van der Waals surface area contributed by atoms with E-state index >= 15 is 0 Å². The molecule has 3 aliphatic rings. The maximum absolute atomic E-state index is 12.6. The molecule has 1 amide bonds. The molecule has 1 aromatic carbocycles. The van der Waals surface area contributed by atoms with Crippen molar-refractivity contribution < 1.29 is 30.0 Å². The maximum Gasteiger partial charge on any atom is 0.327 e. The van der Waals surface area contributed by atoms with Crippen LogP contribution >= 0.6 is 12.6 Å². The highest BCUT2D eigenvalue weighted by Gasteiger charge is 2.54. The lowest BCUT2D eigenvalue weighted by Crippen LogP contribution is -2.45. The lowest BCUT2D eigenvalue weighted by atomic mass is 9.55. The molecule has 170 valence electrons. The molecule has 4 rings (SSSR count). The average Bonchev–Trinajstić information content (AvgIpc) is 3.03. The standard InChI is InChI=1S/C23H31NO6S/c1-23-7-6-13-12(15(23)4-5-18(23)26)3-2-11-8-17(25)21(28)14(20(11)13)9-19(27)24-16(10-31)22(29)30/h8,12-13,15-16,18,25-26,28,31H,2-7,9-10H2,1H3,(H,24,27)(H,29,30)/t12-,13+,15+,16?,18+,23+/m1/s1. The first-order chi connectivity index (χ1) is 14.7. The molecule has 1 unspecified atom stereocenters. The van der Waals surface area contributed by atoms with Gasteiger partial charge in [0.05, 0.1) is 12.5 Å². The number of carbonyl (C=O) groups excluding carboxylic acids is 1. The molecule has 2 fully saturated rings. The zero-order chi connectivity index (χ0) is 22.5. The Morgan fingerprint density at radius 3 is 2.68 bits per heavy atom. The fraction of sp³-hybridized carbons (Fsp3) is 0.652. The lowest BCUT2D eigenvalue weighted by Gasteiger charge is -2.50. The van der Waals surface area contributed by atoms with Gasteiger partial charge in [0.1, 0.15) is 6.04 Å². The van der Waals surface area contributed by atoms with E-state index in [1.165, 1.54) is 0 Å². The zero-order valence-electron chi connectivity index (χ0n) is 17.7. The second kappa shape index (κ2) is 8.20. The summed E-state index contributed by atoms with van der Waals surface area (Å²) in [6, 6.07) is 0.488. The highest BCUT2D eigenvalue weighted by atomic mass is 32.1. The minimum Gasteiger partial charge on any atom is -0.504 e. The molecule has 0 radical (unpaired) electrons. The first-order valence-corrected chi connectivity index (χ1v) is 11.7. The first-order valence-electron chi connectivity index (χ1n) is 11.0. The Balaban J connectivity index is 1.68. The number of amides is 1. The normalized spacial score (nSPS) is 32.5. The van der Waals surface area contributed by atoms with Gasteiger partial charge < -0.3 is 25.7 Å². The van der Waals surface area contributed by atoms with Crippen molar-refractivity contribution in [2.45, 2.75) is 69.9 Å². The first kappa shape index (κ1) is 22.3. The summed E-state index contributed by atoms with van der Waals surface area (Å²) >= 11 is 3.98. The number of carbonyl (C=O) groups is 2. The molecule has 0 bridgehead atoms. The smallest absolute Gasteiger partial charge is 0.327 e. The molecule has 0 spiro atoms. The van der Waals surface area contributed by atoms with E-state index in [9.17, 15) is 30.0 Å². The fourth-order valence-electron chi connectivity index (χ4n) is 6.57. The molecule has 1 aromatic rings. The third-order valence-electron chi connectivity index (χ3n) is 8.17. The van der Waals surface area contributed by atoms with Crippen LogP contribution in [0.15, 0.2) is 6.07 Å². The third kappa shape index (κ3) is 3.67. The van der Waals surface area contributed by atoms with E-state index in [0.717, 1.165) is 49.7 Å². The summed E-state index contributed by atoms with van der Waals surface area (Å²) in [5, 5.41) is 43.2. The number of carboxylic acid groups (broad SMARTS) is 1. The molecule has 0 aromatic heterocycles. The van der Waals surface area contributed by atoms with Crippen LogP contribution in [0.25, 0.3) is 0 Å². The summed E-state index contributed by atoms with van der Waals surface area (Å²) in [6.07, 6.45) is 4.75. The van der Waals surface area contributed by atoms with Crippen LogP contribution in [0.2, 0.25) is 0 Å². The molecule has 7 nitrogen and oxygen atoms in total. The Bertz CT molecular complexity index is 905. The van der Waals surface area contributed by atoms with E-state index in [4.69, 9.17) is 0 Å². The predicted molar refractivity (Wildman–Crippen MR) is 118 cm³/mol. The molecular weight excluding hydrogens is 418 g/mol. The van der Waals surface area contributed by atoms with Gasteiger partial charge in [-0.05, 0) is 78.9 Å². The van der Waals surface area contributed by atoms with E-state index in [-0.39, 0.29) is 41.1 Å². The van der Waals surface area contributed by atoms with E-state index in [2.05, 4.69) is 24.9 Å². The van der Waals surface area contributed by atoms with Gasteiger partial charge in [0.2, 0.25) is 5.91 Å². The minimum atomic E-state index is -1.17. The summed E-state index contributed by atoms with van der Waals surface area (Å²) in [5.74, 6) is -1.38. The van der Waals surface area contributed by atoms with Gasteiger partial charge in [0, 0.05) is 11.3 Å². The number of phenolic OH excluding ortho intramolecular Hbond substituents is 2. The highest BCUT2D eigenvalue weighted by molar-refractivity contribution is 7.80. The summed E-state index contributed by atoms with van der Waals surface area (Å²) in [4.78, 5) is 23.9. The Morgan fingerprint density at radius 2 is 2.00 bits per heavy atom. The topological polar surface area (TPSA) is 127 Å². The van der Waals surface area contributed by atoms with Crippen molar-refractivity contribution in [3.63, 3.8) is 0 Å². The van der Waals surface area contributed by atoms with Gasteiger partial charge in [0.25, 0.3) is 0 Å². The van der Waals surface area contributed by atoms with Gasteiger partial charge in [-0.25, -0.2) is 4.79 Å². The number of aliphatic carboxylic acids is 1. The molecule has 8 heteroatoms. The highest BCUT2D eigenvalue weighted by Crippen LogP contribution is 2.62. The van der Waals surface area contributed by atoms with Gasteiger partial charge in [-0.3, -0.25) is 4.79 Å². The number of thiol groups is 1. The Hall–Kier alpha value is -1.93. The summed E-state index contributed by atoms with van der Waals surface area (Å²) in [7, 11) is 0. The van der Waals surface area contributed by atoms with Gasteiger partial charge in [-0.1, -0.05) is 6.92 Å². The van der Waals surface area contributed by atoms with Crippen LogP contribution in [0.5, 0.6) is 11.5 Å². The number of aromatic hydroxyl groups is 2. The van der Waals surface area contributed by atoms with E-state index in [1.54, 1.807) is 6.07 Å². The summed E-state index contributed by atoms with van der Waals surface area (Å²) < 4.78 is 0. The molecule has 2 saturated carbocycles. The minimum absolute atomic E-state index is 0.0432. The molecule has 6 atom stereocenters. The van der Waals surface area contributed by atoms with Crippen molar-refractivity contribution in [1.29, 1.82) is 0 Å². The van der Waals surface area contributed by atoms with Crippen LogP contribution in [0, 0.1) is 17.3 Å². The number of benzene rings is 1. The summed E-state index contributed by atoms with van der Waals surface area (Å²) in [6.45, 7) is 2.19. The molecule has 0 heterocycles. The van der Waals surface area contributed by atoms with Crippen molar-refractivity contribution in [2.75, 3.05) is 5.75 Å². The summed E-state index contributed by atoms with van der Waals surface area (Å²) in [5.41, 5.74) is 2.19. The van der Waals surface area contributed by atoms with Crippen molar-refractivity contribution in [3.05, 3.63) is 22.8 Å². The average molecular weight is 450 g/mol. The van der Waals surface area contributed by atoms with Crippen LogP contribution in [-0.4, -0.2) is 50.2 Å². The molecule has 0 saturated heterocycles. The van der Waals surface area contributed by atoms with Crippen LogP contribution < -0.4 is 5.32 Å². The van der Waals surface area contributed by atoms with Gasteiger partial charge in [-0.15, -0.1) is 0 Å². The van der Waals surface area contributed by atoms with Gasteiger partial charge in [0.15, 0.2) is 11.5 Å². The van der Waals surface area contributed by atoms with Crippen molar-refractivity contribution >= 4 is 24.5 Å². The van der Waals surface area contributed by atoms with Crippen LogP contribution in [0.1, 0.15) is 61.6 Å². The third-order valence-corrected chi connectivity index (χ3v) is 8.53. The van der Waals surface area contributed by atoms with Gasteiger partial charge in [-0.2, -0.15) is 12.6 Å². The molecule has 31 heavy (non-hydrogen) atoms. The zero-order valence-corrected chi connectivity index (χ0v) is 18.6. The number of aryl methyl sites for hydroxylation is 1. The number of aliphatic hydroxyl groups is 1. The number of rotatable bonds is 5. The lowest BCUT2D eigenvalue weighted by molar-refractivity contribution is -0.141. The number of phenols is 2. The SMILES string of the molecule is C[C@]12CC[C@@H]3c4c(cc(O)c(O)c4CC(=O)NC(CS)C(=O)O)CC[C@H]3[C@@H]1CC[C@@H]2O. The quantitative estimate of drug-likeness (QED) is 0.303. The molecule has 3 aliphatic carbocycles. The fourth-order valence-corrected chi connectivity index (χ4v) is 6.82. The Labute approximate surface area is 187 Å². The second-order valence-electron chi connectivity index (χ2n) is 9.67. The Kier molecular flexibility index (Phi) is 5.89. The second-order valence-corrected chi connectivity index (χ2v) is 10.0. The number of aliphatic hydroxyl groups excluding tert-OH is 1. The van der Waals surface area contributed by atoms with Crippen molar-refractivity contribution in [2.24, 2.45) is 17.3 Å². The Morgan fingerprint density at radius 1 is 1.26 bits per heavy atom. The van der Waals surface area contributed by atoms with Crippen LogP contribution in [0.3, 0.4) is 0 Å². The van der Waals surface area contributed by atoms with Crippen LogP contribution in [-0.2, 0) is 22.4 Å². The monoisotopic (exact) mass is 449 g/mol. The van der Waals surface area contributed by atoms with E-state index in [1.807, 2.05) is 0 Å². The van der Waals surface area contributed by atoms with Crippen molar-refractivity contribution in [1.82, 2.24) is 5.32 Å². The van der Waals surface area contributed by atoms with Crippen LogP contribution in [0.4, 0.5) is 0 Å². The number of hydrogen-bond donors (Lipinski definition) is 6. The van der Waals surface area contributed by atoms with E-state index in [0.29, 0.717) is 17.4 Å². The maximum atomic E-state index is 12.6. The molecule has 5 N–H and O–H groups in total. The largest absolute Gasteiger partial charge is 0.504 e. The molecular formula is C23H31NO6S. The van der Waals surface area contributed by atoms with E-state index < -0.39 is 17.9 Å². The van der Waals surface area contributed by atoms with Crippen molar-refractivity contribution in [3.8, 4) is 11.5 Å². The van der Waals surface area contributed by atoms with Gasteiger partial charge >= 0.3 is 5.97 Å². The number of nitrogens with one attached hydrogen (secondary N) is 1. The number of fused-ring (bicyclic) bond motifs is 5. The molecule has 0 aliphatic heterocycles. The number of hydrogen-bond acceptors (Lipinski definition) is 6. The number of carboxylic acids is 1. The predicted octanol–water partition coefficient (Wildman–Crippen LogP) is 2.36.